The molecule has 2 N–H and O–H groups in total. The number of carboxylic acid groups (broad SMARTS) is 1. The molecule has 0 bridgehead atoms. The highest BCUT2D eigenvalue weighted by atomic mass is 32.2. The Bertz CT molecular complexity index is 671. The SMILES string of the molecule is CS(=O)(=O)N1CCC[C@@H]1CNC(=O)c1ccc(C(=O)O)nc1. The highest BCUT2D eigenvalue weighted by Gasteiger charge is 2.31. The van der Waals surface area contributed by atoms with E-state index in [1.54, 1.807) is 0 Å². The van der Waals surface area contributed by atoms with E-state index < -0.39 is 21.9 Å². The highest BCUT2D eigenvalue weighted by Crippen LogP contribution is 2.19. The molecule has 8 nitrogen and oxygen atoms in total. The molecule has 0 unspecified atom stereocenters. The van der Waals surface area contributed by atoms with Crippen LogP contribution in [-0.2, 0) is 10.0 Å². The fourth-order valence-electron chi connectivity index (χ4n) is 2.42. The summed E-state index contributed by atoms with van der Waals surface area (Å²) in [6.07, 6.45) is 3.80. The smallest absolute Gasteiger partial charge is 0.354 e. The van der Waals surface area contributed by atoms with Crippen LogP contribution < -0.4 is 5.32 Å². The van der Waals surface area contributed by atoms with Crippen molar-refractivity contribution in [2.75, 3.05) is 19.3 Å². The number of carbonyl (C=O) groups excluding carboxylic acids is 1. The number of pyridine rings is 1. The van der Waals surface area contributed by atoms with Crippen molar-refractivity contribution in [1.82, 2.24) is 14.6 Å². The van der Waals surface area contributed by atoms with Gasteiger partial charge in [0.1, 0.15) is 5.69 Å². The van der Waals surface area contributed by atoms with Crippen molar-refractivity contribution >= 4 is 21.9 Å². The maximum atomic E-state index is 12.0. The molecular formula is C13H17N3O5S. The number of hydrogen-bond acceptors (Lipinski definition) is 5. The molecule has 22 heavy (non-hydrogen) atoms. The minimum atomic E-state index is -3.27. The molecule has 1 aromatic rings. The lowest BCUT2D eigenvalue weighted by Crippen LogP contribution is -2.42. The molecule has 1 fully saturated rings. The van der Waals surface area contributed by atoms with Crippen LogP contribution in [0.1, 0.15) is 33.7 Å². The third-order valence-corrected chi connectivity index (χ3v) is 4.82. The number of aromatic carboxylic acids is 1. The molecule has 1 aliphatic rings. The van der Waals surface area contributed by atoms with E-state index >= 15 is 0 Å². The van der Waals surface area contributed by atoms with Gasteiger partial charge >= 0.3 is 5.97 Å². The summed E-state index contributed by atoms with van der Waals surface area (Å²) >= 11 is 0. The third-order valence-electron chi connectivity index (χ3n) is 3.49. The fraction of sp³-hybridized carbons (Fsp3) is 0.462. The zero-order valence-electron chi connectivity index (χ0n) is 12.0. The van der Waals surface area contributed by atoms with E-state index in [1.165, 1.54) is 22.6 Å². The number of nitrogens with zero attached hydrogens (tertiary/aromatic N) is 2. The minimum Gasteiger partial charge on any atom is -0.477 e. The van der Waals surface area contributed by atoms with Crippen LogP contribution in [0, 0.1) is 0 Å². The van der Waals surface area contributed by atoms with Crippen LogP contribution in [0.15, 0.2) is 18.3 Å². The van der Waals surface area contributed by atoms with E-state index in [0.29, 0.717) is 13.0 Å². The van der Waals surface area contributed by atoms with Crippen molar-refractivity contribution in [3.05, 3.63) is 29.6 Å². The van der Waals surface area contributed by atoms with Gasteiger partial charge in [0, 0.05) is 25.3 Å². The average Bonchev–Trinajstić information content (AvgIpc) is 2.93. The van der Waals surface area contributed by atoms with Crippen molar-refractivity contribution in [3.63, 3.8) is 0 Å². The van der Waals surface area contributed by atoms with Crippen LogP contribution in [0.2, 0.25) is 0 Å². The van der Waals surface area contributed by atoms with Crippen LogP contribution >= 0.6 is 0 Å². The van der Waals surface area contributed by atoms with Gasteiger partial charge in [-0.05, 0) is 25.0 Å². The summed E-state index contributed by atoms with van der Waals surface area (Å²) in [4.78, 5) is 26.3. The topological polar surface area (TPSA) is 117 Å². The van der Waals surface area contributed by atoms with Crippen LogP contribution in [0.4, 0.5) is 0 Å². The summed E-state index contributed by atoms with van der Waals surface area (Å²) in [7, 11) is -3.27. The van der Waals surface area contributed by atoms with Crippen molar-refractivity contribution in [2.45, 2.75) is 18.9 Å². The van der Waals surface area contributed by atoms with Gasteiger partial charge in [0.15, 0.2) is 0 Å². The van der Waals surface area contributed by atoms with Crippen molar-refractivity contribution in [1.29, 1.82) is 0 Å². The van der Waals surface area contributed by atoms with Gasteiger partial charge < -0.3 is 10.4 Å². The lowest BCUT2D eigenvalue weighted by atomic mass is 10.2. The first-order valence-electron chi connectivity index (χ1n) is 6.73. The second-order valence-electron chi connectivity index (χ2n) is 5.12. The number of nitrogens with one attached hydrogen (secondary N) is 1. The Morgan fingerprint density at radius 3 is 2.73 bits per heavy atom. The zero-order chi connectivity index (χ0) is 16.3. The number of carboxylic acids is 1. The molecule has 1 saturated heterocycles. The first kappa shape index (κ1) is 16.4. The second kappa shape index (κ2) is 6.41. The summed E-state index contributed by atoms with van der Waals surface area (Å²) in [5.41, 5.74) is 0.0875. The molecular weight excluding hydrogens is 310 g/mol. The molecule has 120 valence electrons. The van der Waals surface area contributed by atoms with Crippen LogP contribution in [0.5, 0.6) is 0 Å². The van der Waals surface area contributed by atoms with E-state index in [4.69, 9.17) is 5.11 Å². The van der Waals surface area contributed by atoms with E-state index in [9.17, 15) is 18.0 Å². The van der Waals surface area contributed by atoms with Gasteiger partial charge in [0.2, 0.25) is 10.0 Å². The number of carbonyl (C=O) groups is 2. The lowest BCUT2D eigenvalue weighted by Gasteiger charge is -2.22. The molecule has 0 spiro atoms. The predicted molar refractivity (Wildman–Crippen MR) is 78.1 cm³/mol. The Balaban J connectivity index is 1.96. The van der Waals surface area contributed by atoms with Crippen molar-refractivity contribution < 1.29 is 23.1 Å². The maximum Gasteiger partial charge on any atom is 0.354 e. The minimum absolute atomic E-state index is 0.143. The molecule has 2 heterocycles. The Hall–Kier alpha value is -2.00. The summed E-state index contributed by atoms with van der Waals surface area (Å²) < 4.78 is 24.6. The average molecular weight is 327 g/mol. The maximum absolute atomic E-state index is 12.0. The molecule has 1 aliphatic heterocycles. The standard InChI is InChI=1S/C13H17N3O5S/c1-22(20,21)16-6-2-3-10(16)8-15-12(17)9-4-5-11(13(18)19)14-7-9/h4-5,7,10H,2-3,6,8H2,1H3,(H,15,17)(H,18,19)/t10-/m1/s1. The van der Waals surface area contributed by atoms with E-state index in [-0.39, 0.29) is 23.8 Å². The number of sulfonamides is 1. The second-order valence-corrected chi connectivity index (χ2v) is 7.05. The molecule has 2 rings (SSSR count). The predicted octanol–water partition coefficient (Wildman–Crippen LogP) is -0.0664. The van der Waals surface area contributed by atoms with Crippen LogP contribution in [0.3, 0.4) is 0 Å². The lowest BCUT2D eigenvalue weighted by molar-refractivity contribution is 0.0689. The number of aromatic nitrogens is 1. The van der Waals surface area contributed by atoms with Crippen LogP contribution in [0.25, 0.3) is 0 Å². The van der Waals surface area contributed by atoms with Gasteiger partial charge in [-0.25, -0.2) is 18.2 Å². The fourth-order valence-corrected chi connectivity index (χ4v) is 3.60. The Morgan fingerprint density at radius 1 is 1.45 bits per heavy atom. The Labute approximate surface area is 128 Å². The van der Waals surface area contributed by atoms with Gasteiger partial charge in [-0.2, -0.15) is 4.31 Å². The van der Waals surface area contributed by atoms with E-state index in [2.05, 4.69) is 10.3 Å². The monoisotopic (exact) mass is 327 g/mol. The van der Waals surface area contributed by atoms with E-state index in [1.807, 2.05) is 0 Å². The van der Waals surface area contributed by atoms with Crippen LogP contribution in [-0.4, -0.2) is 60.1 Å². The summed E-state index contributed by atoms with van der Waals surface area (Å²) in [5, 5.41) is 11.4. The van der Waals surface area contributed by atoms with Crippen molar-refractivity contribution in [2.24, 2.45) is 0 Å². The largest absolute Gasteiger partial charge is 0.477 e. The molecule has 1 atom stereocenters. The van der Waals surface area contributed by atoms with Gasteiger partial charge in [-0.15, -0.1) is 0 Å². The molecule has 0 aliphatic carbocycles. The first-order valence-corrected chi connectivity index (χ1v) is 8.58. The van der Waals surface area contributed by atoms with E-state index in [0.717, 1.165) is 12.7 Å². The molecule has 0 aromatic carbocycles. The highest BCUT2D eigenvalue weighted by molar-refractivity contribution is 7.88. The zero-order valence-corrected chi connectivity index (χ0v) is 12.8. The Kier molecular flexibility index (Phi) is 4.77. The van der Waals surface area contributed by atoms with Gasteiger partial charge in [0.25, 0.3) is 5.91 Å². The third kappa shape index (κ3) is 3.80. The number of rotatable bonds is 5. The van der Waals surface area contributed by atoms with Crippen molar-refractivity contribution in [3.8, 4) is 0 Å². The summed E-state index contributed by atoms with van der Waals surface area (Å²) in [5.74, 6) is -1.58. The molecule has 1 aromatic heterocycles. The molecule has 0 saturated carbocycles. The molecule has 0 radical (unpaired) electrons. The summed E-state index contributed by atoms with van der Waals surface area (Å²) in [6.45, 7) is 0.681. The summed E-state index contributed by atoms with van der Waals surface area (Å²) in [6, 6.07) is 2.37. The molecule has 9 heteroatoms. The number of amides is 1. The number of hydrogen-bond donors (Lipinski definition) is 2. The Morgan fingerprint density at radius 2 is 2.18 bits per heavy atom. The first-order chi connectivity index (χ1) is 10.3. The van der Waals surface area contributed by atoms with Gasteiger partial charge in [0.05, 0.1) is 11.8 Å². The van der Waals surface area contributed by atoms with Gasteiger partial charge in [-0.1, -0.05) is 0 Å². The molecule has 1 amide bonds. The normalized spacial score (nSPS) is 19.0. The van der Waals surface area contributed by atoms with Gasteiger partial charge in [-0.3, -0.25) is 4.79 Å². The quantitative estimate of drug-likeness (QED) is 0.782.